The van der Waals surface area contributed by atoms with E-state index >= 15 is 0 Å². The third kappa shape index (κ3) is 3.63. The Morgan fingerprint density at radius 3 is 2.52 bits per heavy atom. The maximum atomic E-state index is 13.7. The molecular weight excluding hydrogens is 414 g/mol. The summed E-state index contributed by atoms with van der Waals surface area (Å²) in [5.41, 5.74) is 3.86. The van der Waals surface area contributed by atoms with Gasteiger partial charge in [0.2, 0.25) is 5.91 Å². The molecule has 2 atom stereocenters. The molecule has 2 heterocycles. The van der Waals surface area contributed by atoms with Crippen LogP contribution < -0.4 is 10.1 Å². The first-order valence-electron chi connectivity index (χ1n) is 11.0. The Labute approximate surface area is 192 Å². The van der Waals surface area contributed by atoms with Gasteiger partial charge in [-0.1, -0.05) is 36.4 Å². The van der Waals surface area contributed by atoms with Crippen LogP contribution in [0.1, 0.15) is 40.4 Å². The lowest BCUT2D eigenvalue weighted by molar-refractivity contribution is -0.119. The van der Waals surface area contributed by atoms with E-state index in [0.717, 1.165) is 27.8 Å². The Morgan fingerprint density at radius 2 is 1.73 bits per heavy atom. The molecule has 0 fully saturated rings. The van der Waals surface area contributed by atoms with Crippen LogP contribution in [0.25, 0.3) is 10.9 Å². The maximum absolute atomic E-state index is 13.7. The molecule has 4 aromatic rings. The van der Waals surface area contributed by atoms with E-state index in [9.17, 15) is 9.59 Å². The number of fused-ring (bicyclic) bond motifs is 2. The van der Waals surface area contributed by atoms with E-state index in [0.29, 0.717) is 17.9 Å². The molecule has 33 heavy (non-hydrogen) atoms. The Balaban J connectivity index is 1.58. The number of aromatic amines is 1. The van der Waals surface area contributed by atoms with Crippen LogP contribution in [0.2, 0.25) is 0 Å². The van der Waals surface area contributed by atoms with Gasteiger partial charge in [0.1, 0.15) is 5.75 Å². The van der Waals surface area contributed by atoms with Crippen molar-refractivity contribution in [2.75, 3.05) is 19.0 Å². The number of aromatic nitrogens is 1. The topological polar surface area (TPSA) is 74.4 Å². The van der Waals surface area contributed by atoms with Gasteiger partial charge in [0.05, 0.1) is 18.6 Å². The fourth-order valence-corrected chi connectivity index (χ4v) is 4.71. The maximum Gasteiger partial charge on any atom is 0.254 e. The summed E-state index contributed by atoms with van der Waals surface area (Å²) in [6.07, 6.45) is 1.91. The minimum absolute atomic E-state index is 0.0917. The van der Waals surface area contributed by atoms with E-state index in [-0.39, 0.29) is 11.8 Å². The summed E-state index contributed by atoms with van der Waals surface area (Å²) < 4.78 is 5.50. The van der Waals surface area contributed by atoms with Crippen LogP contribution in [0.5, 0.6) is 5.75 Å². The van der Waals surface area contributed by atoms with Crippen molar-refractivity contribution in [2.45, 2.75) is 18.9 Å². The Kier molecular flexibility index (Phi) is 5.34. The Hall–Kier alpha value is -4.06. The molecule has 0 bridgehead atoms. The van der Waals surface area contributed by atoms with E-state index in [1.165, 1.54) is 0 Å². The molecule has 1 aliphatic heterocycles. The highest BCUT2D eigenvalue weighted by Gasteiger charge is 2.43. The monoisotopic (exact) mass is 439 g/mol. The number of benzene rings is 3. The van der Waals surface area contributed by atoms with Crippen LogP contribution in [-0.4, -0.2) is 35.4 Å². The lowest BCUT2D eigenvalue weighted by atomic mass is 9.79. The number of rotatable bonds is 5. The molecule has 6 heteroatoms. The number of likely N-dealkylation sites (N-methyl/N-ethyl adjacent to an activating group) is 1. The molecular formula is C27H25N3O3. The van der Waals surface area contributed by atoms with Gasteiger partial charge in [-0.25, -0.2) is 0 Å². The van der Waals surface area contributed by atoms with Gasteiger partial charge in [-0.2, -0.15) is 0 Å². The summed E-state index contributed by atoms with van der Waals surface area (Å²) in [6, 6.07) is 22.2. The van der Waals surface area contributed by atoms with Crippen molar-refractivity contribution in [3.8, 4) is 5.75 Å². The molecule has 166 valence electrons. The Morgan fingerprint density at radius 1 is 1.00 bits per heavy atom. The number of para-hydroxylation sites is 1. The number of carbonyl (C=O) groups excluding carboxylic acids is 2. The molecule has 3 aromatic carbocycles. The van der Waals surface area contributed by atoms with Gasteiger partial charge < -0.3 is 19.9 Å². The summed E-state index contributed by atoms with van der Waals surface area (Å²) in [7, 11) is 1.77. The third-order valence-corrected chi connectivity index (χ3v) is 6.23. The summed E-state index contributed by atoms with van der Waals surface area (Å²) >= 11 is 0. The molecule has 0 saturated carbocycles. The Bertz CT molecular complexity index is 1330. The van der Waals surface area contributed by atoms with Crippen molar-refractivity contribution in [2.24, 2.45) is 0 Å². The number of carbonyl (C=O) groups is 2. The van der Waals surface area contributed by atoms with Gasteiger partial charge in [-0.05, 0) is 48.9 Å². The van der Waals surface area contributed by atoms with Crippen molar-refractivity contribution >= 4 is 28.4 Å². The quantitative estimate of drug-likeness (QED) is 0.453. The minimum Gasteiger partial charge on any atom is -0.494 e. The number of anilines is 1. The highest BCUT2D eigenvalue weighted by atomic mass is 16.5. The fraction of sp³-hybridized carbons (Fsp3) is 0.185. The smallest absolute Gasteiger partial charge is 0.254 e. The van der Waals surface area contributed by atoms with E-state index < -0.39 is 12.0 Å². The number of H-pyrrole nitrogens is 1. The number of hydrogen-bond donors (Lipinski definition) is 2. The zero-order chi connectivity index (χ0) is 22.9. The average Bonchev–Trinajstić information content (AvgIpc) is 3.26. The zero-order valence-electron chi connectivity index (χ0n) is 18.5. The summed E-state index contributed by atoms with van der Waals surface area (Å²) in [4.78, 5) is 32.0. The van der Waals surface area contributed by atoms with E-state index in [1.54, 1.807) is 18.0 Å². The van der Waals surface area contributed by atoms with Gasteiger partial charge in [0.15, 0.2) is 0 Å². The molecule has 1 aromatic heterocycles. The predicted molar refractivity (Wildman–Crippen MR) is 129 cm³/mol. The first-order chi connectivity index (χ1) is 16.1. The lowest BCUT2D eigenvalue weighted by Crippen LogP contribution is -2.44. The second-order valence-electron chi connectivity index (χ2n) is 8.16. The molecule has 1 aliphatic rings. The van der Waals surface area contributed by atoms with E-state index in [4.69, 9.17) is 4.74 Å². The summed E-state index contributed by atoms with van der Waals surface area (Å²) in [5.74, 6) is -0.0811. The van der Waals surface area contributed by atoms with Crippen molar-refractivity contribution < 1.29 is 14.3 Å². The van der Waals surface area contributed by atoms with Crippen molar-refractivity contribution in [1.82, 2.24) is 9.88 Å². The number of nitrogens with zero attached hydrogens (tertiary/aromatic N) is 1. The third-order valence-electron chi connectivity index (χ3n) is 6.23. The molecule has 2 N–H and O–H groups in total. The molecule has 0 saturated heterocycles. The highest BCUT2D eigenvalue weighted by molar-refractivity contribution is 6.05. The SMILES string of the molecule is CCOc1ccc(NC(=O)[C@H]2c3ccccc3C(=O)N(C)[C@H]2c2c[nH]c3ccccc23)cc1. The highest BCUT2D eigenvalue weighted by Crippen LogP contribution is 2.44. The van der Waals surface area contributed by atoms with Crippen LogP contribution in [0.3, 0.4) is 0 Å². The average molecular weight is 440 g/mol. The van der Waals surface area contributed by atoms with Crippen molar-refractivity contribution in [1.29, 1.82) is 0 Å². The zero-order valence-corrected chi connectivity index (χ0v) is 18.5. The fourth-order valence-electron chi connectivity index (χ4n) is 4.71. The molecule has 0 radical (unpaired) electrons. The van der Waals surface area contributed by atoms with Crippen LogP contribution in [0.15, 0.2) is 79.0 Å². The van der Waals surface area contributed by atoms with Crippen LogP contribution in [-0.2, 0) is 4.79 Å². The molecule has 0 spiro atoms. The molecule has 5 rings (SSSR count). The normalized spacial score (nSPS) is 17.6. The van der Waals surface area contributed by atoms with Crippen LogP contribution in [0, 0.1) is 0 Å². The van der Waals surface area contributed by atoms with Gasteiger partial charge in [-0.15, -0.1) is 0 Å². The van der Waals surface area contributed by atoms with Crippen molar-refractivity contribution in [3.05, 3.63) is 95.7 Å². The second kappa shape index (κ2) is 8.47. The van der Waals surface area contributed by atoms with E-state index in [2.05, 4.69) is 10.3 Å². The van der Waals surface area contributed by atoms with Gasteiger partial charge in [0.25, 0.3) is 5.91 Å². The minimum atomic E-state index is -0.574. The van der Waals surface area contributed by atoms with Gasteiger partial charge in [-0.3, -0.25) is 9.59 Å². The molecule has 2 amide bonds. The van der Waals surface area contributed by atoms with Crippen LogP contribution in [0.4, 0.5) is 5.69 Å². The molecule has 0 unspecified atom stereocenters. The van der Waals surface area contributed by atoms with E-state index in [1.807, 2.05) is 79.9 Å². The number of nitrogens with one attached hydrogen (secondary N) is 2. The van der Waals surface area contributed by atoms with Crippen LogP contribution >= 0.6 is 0 Å². The lowest BCUT2D eigenvalue weighted by Gasteiger charge is -2.39. The summed E-state index contributed by atoms with van der Waals surface area (Å²) in [6.45, 7) is 2.51. The first-order valence-corrected chi connectivity index (χ1v) is 11.0. The number of amides is 2. The summed E-state index contributed by atoms with van der Waals surface area (Å²) in [5, 5.41) is 4.05. The van der Waals surface area contributed by atoms with Gasteiger partial charge >= 0.3 is 0 Å². The number of hydrogen-bond acceptors (Lipinski definition) is 3. The standard InChI is InChI=1S/C27H25N3O3/c1-3-33-18-14-12-17(13-15-18)29-26(31)24-20-9-4-5-10-21(20)27(32)30(2)25(24)22-16-28-23-11-7-6-8-19(22)23/h4-16,24-25,28H,3H2,1-2H3,(H,29,31)/t24-,25-/m0/s1. The largest absolute Gasteiger partial charge is 0.494 e. The second-order valence-corrected chi connectivity index (χ2v) is 8.16. The van der Waals surface area contributed by atoms with Gasteiger partial charge in [0, 0.05) is 41.0 Å². The number of ether oxygens (including phenoxy) is 1. The molecule has 0 aliphatic carbocycles. The predicted octanol–water partition coefficient (Wildman–Crippen LogP) is 5.12. The first kappa shape index (κ1) is 20.8. The molecule has 6 nitrogen and oxygen atoms in total. The van der Waals surface area contributed by atoms with Crippen molar-refractivity contribution in [3.63, 3.8) is 0 Å².